The fourth-order valence-corrected chi connectivity index (χ4v) is 2.37. The fourth-order valence-electron chi connectivity index (χ4n) is 2.37. The van der Waals surface area contributed by atoms with E-state index < -0.39 is 5.97 Å². The van der Waals surface area contributed by atoms with Gasteiger partial charge in [0, 0.05) is 6.42 Å². The largest absolute Gasteiger partial charge is 0.481 e. The average Bonchev–Trinajstić information content (AvgIpc) is 2.49. The first-order valence-electron chi connectivity index (χ1n) is 5.70. The SMILES string of the molecule is CC/C=C\C[C@@H]1[C@@H](CC(=O)O)CC[C@H]1O. The molecule has 1 aliphatic carbocycles. The Morgan fingerprint density at radius 1 is 1.40 bits per heavy atom. The van der Waals surface area contributed by atoms with Gasteiger partial charge in [0.15, 0.2) is 0 Å². The Kier molecular flexibility index (Phi) is 4.82. The molecule has 86 valence electrons. The van der Waals surface area contributed by atoms with E-state index in [1.807, 2.05) is 0 Å². The molecule has 3 atom stereocenters. The zero-order valence-corrected chi connectivity index (χ0v) is 9.22. The van der Waals surface area contributed by atoms with Crippen LogP contribution in [0.1, 0.15) is 39.0 Å². The number of rotatable bonds is 5. The van der Waals surface area contributed by atoms with Gasteiger partial charge >= 0.3 is 5.97 Å². The lowest BCUT2D eigenvalue weighted by atomic mass is 9.89. The van der Waals surface area contributed by atoms with Gasteiger partial charge in [0.2, 0.25) is 0 Å². The number of aliphatic carboxylic acids is 1. The van der Waals surface area contributed by atoms with Gasteiger partial charge in [-0.3, -0.25) is 4.79 Å². The molecule has 0 aliphatic heterocycles. The normalized spacial score (nSPS) is 31.2. The predicted octanol–water partition coefficient (Wildman–Crippen LogP) is 2.20. The minimum absolute atomic E-state index is 0.142. The summed E-state index contributed by atoms with van der Waals surface area (Å²) in [6.07, 6.45) is 7.43. The van der Waals surface area contributed by atoms with Crippen molar-refractivity contribution in [1.29, 1.82) is 0 Å². The molecule has 3 nitrogen and oxygen atoms in total. The number of carbonyl (C=O) groups is 1. The lowest BCUT2D eigenvalue weighted by Gasteiger charge is -2.18. The Morgan fingerprint density at radius 2 is 2.13 bits per heavy atom. The quantitative estimate of drug-likeness (QED) is 0.687. The molecule has 1 aliphatic rings. The molecule has 0 aromatic heterocycles. The average molecular weight is 212 g/mol. The van der Waals surface area contributed by atoms with Crippen LogP contribution in [0, 0.1) is 11.8 Å². The second kappa shape index (κ2) is 5.91. The van der Waals surface area contributed by atoms with E-state index in [-0.39, 0.29) is 24.4 Å². The van der Waals surface area contributed by atoms with Crippen molar-refractivity contribution in [2.45, 2.75) is 45.1 Å². The van der Waals surface area contributed by atoms with Crippen molar-refractivity contribution in [2.75, 3.05) is 0 Å². The zero-order valence-electron chi connectivity index (χ0n) is 9.22. The first-order valence-corrected chi connectivity index (χ1v) is 5.70. The van der Waals surface area contributed by atoms with E-state index in [4.69, 9.17) is 5.11 Å². The van der Waals surface area contributed by atoms with Crippen LogP contribution in [-0.2, 0) is 4.79 Å². The number of carboxylic acids is 1. The number of hydrogen-bond donors (Lipinski definition) is 2. The molecule has 0 bridgehead atoms. The van der Waals surface area contributed by atoms with Crippen molar-refractivity contribution >= 4 is 5.97 Å². The lowest BCUT2D eigenvalue weighted by molar-refractivity contribution is -0.138. The highest BCUT2D eigenvalue weighted by atomic mass is 16.4. The molecule has 2 N–H and O–H groups in total. The molecule has 0 amide bonds. The molecule has 1 saturated carbocycles. The number of aliphatic hydroxyl groups is 1. The first-order chi connectivity index (χ1) is 7.15. The summed E-state index contributed by atoms with van der Waals surface area (Å²) in [7, 11) is 0. The van der Waals surface area contributed by atoms with Crippen molar-refractivity contribution in [3.8, 4) is 0 Å². The molecule has 0 aromatic rings. The highest BCUT2D eigenvalue weighted by molar-refractivity contribution is 5.67. The molecule has 0 heterocycles. The molecule has 1 fully saturated rings. The third-order valence-electron chi connectivity index (χ3n) is 3.18. The molecule has 0 spiro atoms. The zero-order chi connectivity index (χ0) is 11.3. The number of aliphatic hydroxyl groups excluding tert-OH is 1. The Hall–Kier alpha value is -0.830. The summed E-state index contributed by atoms with van der Waals surface area (Å²) < 4.78 is 0. The van der Waals surface area contributed by atoms with Gasteiger partial charge < -0.3 is 10.2 Å². The number of allylic oxidation sites excluding steroid dienone is 2. The van der Waals surface area contributed by atoms with Crippen LogP contribution in [0.25, 0.3) is 0 Å². The lowest BCUT2D eigenvalue weighted by Crippen LogP contribution is -2.20. The van der Waals surface area contributed by atoms with Gasteiger partial charge in [-0.2, -0.15) is 0 Å². The van der Waals surface area contributed by atoms with E-state index >= 15 is 0 Å². The second-order valence-electron chi connectivity index (χ2n) is 4.28. The Bertz CT molecular complexity index is 235. The summed E-state index contributed by atoms with van der Waals surface area (Å²) in [4.78, 5) is 10.6. The van der Waals surface area contributed by atoms with Crippen LogP contribution in [0.4, 0.5) is 0 Å². The van der Waals surface area contributed by atoms with E-state index in [1.165, 1.54) is 0 Å². The smallest absolute Gasteiger partial charge is 0.303 e. The van der Waals surface area contributed by atoms with E-state index in [2.05, 4.69) is 19.1 Å². The molecule has 0 aromatic carbocycles. The van der Waals surface area contributed by atoms with Gasteiger partial charge in [0.05, 0.1) is 6.10 Å². The number of hydrogen-bond acceptors (Lipinski definition) is 2. The summed E-state index contributed by atoms with van der Waals surface area (Å²) >= 11 is 0. The van der Waals surface area contributed by atoms with Crippen molar-refractivity contribution < 1.29 is 15.0 Å². The minimum Gasteiger partial charge on any atom is -0.481 e. The number of carboxylic acid groups (broad SMARTS) is 1. The molecule has 0 radical (unpaired) electrons. The van der Waals surface area contributed by atoms with Crippen LogP contribution in [0.3, 0.4) is 0 Å². The molecular formula is C12H20O3. The standard InChI is InChI=1S/C12H20O3/c1-2-3-4-5-10-9(8-12(14)15)6-7-11(10)13/h3-4,9-11,13H,2,5-8H2,1H3,(H,14,15)/b4-3-/t9-,10-,11-/m1/s1. The van der Waals surface area contributed by atoms with Gasteiger partial charge in [0.1, 0.15) is 0 Å². The Balaban J connectivity index is 2.48. The van der Waals surface area contributed by atoms with Gasteiger partial charge in [-0.25, -0.2) is 0 Å². The highest BCUT2D eigenvalue weighted by Gasteiger charge is 2.34. The van der Waals surface area contributed by atoms with Crippen molar-refractivity contribution in [3.63, 3.8) is 0 Å². The van der Waals surface area contributed by atoms with Crippen LogP contribution < -0.4 is 0 Å². The van der Waals surface area contributed by atoms with Gasteiger partial charge in [0.25, 0.3) is 0 Å². The molecular weight excluding hydrogens is 192 g/mol. The maximum absolute atomic E-state index is 10.6. The van der Waals surface area contributed by atoms with Crippen LogP contribution in [0.5, 0.6) is 0 Å². The molecule has 15 heavy (non-hydrogen) atoms. The summed E-state index contributed by atoms with van der Waals surface area (Å²) in [6, 6.07) is 0. The predicted molar refractivity (Wildman–Crippen MR) is 58.5 cm³/mol. The second-order valence-corrected chi connectivity index (χ2v) is 4.28. The van der Waals surface area contributed by atoms with Crippen LogP contribution in [0.15, 0.2) is 12.2 Å². The van der Waals surface area contributed by atoms with Gasteiger partial charge in [-0.15, -0.1) is 0 Å². The van der Waals surface area contributed by atoms with Crippen molar-refractivity contribution in [1.82, 2.24) is 0 Å². The van der Waals surface area contributed by atoms with E-state index in [0.717, 1.165) is 25.7 Å². The molecule has 3 heteroatoms. The van der Waals surface area contributed by atoms with Crippen LogP contribution >= 0.6 is 0 Å². The third-order valence-corrected chi connectivity index (χ3v) is 3.18. The first kappa shape index (κ1) is 12.2. The monoisotopic (exact) mass is 212 g/mol. The van der Waals surface area contributed by atoms with Crippen LogP contribution in [-0.4, -0.2) is 22.3 Å². The third kappa shape index (κ3) is 3.67. The molecule has 0 unspecified atom stereocenters. The Labute approximate surface area is 90.8 Å². The maximum atomic E-state index is 10.6. The van der Waals surface area contributed by atoms with Crippen molar-refractivity contribution in [3.05, 3.63) is 12.2 Å². The van der Waals surface area contributed by atoms with Crippen molar-refractivity contribution in [2.24, 2.45) is 11.8 Å². The van der Waals surface area contributed by atoms with E-state index in [1.54, 1.807) is 0 Å². The maximum Gasteiger partial charge on any atom is 0.303 e. The highest BCUT2D eigenvalue weighted by Crippen LogP contribution is 2.36. The van der Waals surface area contributed by atoms with Gasteiger partial charge in [-0.1, -0.05) is 19.1 Å². The summed E-state index contributed by atoms with van der Waals surface area (Å²) in [5.41, 5.74) is 0. The minimum atomic E-state index is -0.751. The van der Waals surface area contributed by atoms with E-state index in [9.17, 15) is 9.90 Å². The summed E-state index contributed by atoms with van der Waals surface area (Å²) in [6.45, 7) is 2.07. The fraction of sp³-hybridized carbons (Fsp3) is 0.750. The topological polar surface area (TPSA) is 57.5 Å². The van der Waals surface area contributed by atoms with Crippen LogP contribution in [0.2, 0.25) is 0 Å². The Morgan fingerprint density at radius 3 is 2.73 bits per heavy atom. The molecule has 1 rings (SSSR count). The molecule has 0 saturated heterocycles. The van der Waals surface area contributed by atoms with E-state index in [0.29, 0.717) is 0 Å². The summed E-state index contributed by atoms with van der Waals surface area (Å²) in [5.74, 6) is -0.457. The van der Waals surface area contributed by atoms with Gasteiger partial charge in [-0.05, 0) is 37.5 Å². The summed E-state index contributed by atoms with van der Waals surface area (Å²) in [5, 5.41) is 18.5.